The van der Waals surface area contributed by atoms with E-state index in [0.717, 1.165) is 30.4 Å². The SMILES string of the molecule is CC1CC(C)CC(C(O)c2ccc3c(c2)CCCN3C)C1. The molecule has 1 saturated carbocycles. The van der Waals surface area contributed by atoms with E-state index in [9.17, 15) is 5.11 Å². The fraction of sp³-hybridized carbons (Fsp3) is 0.684. The molecule has 1 N–H and O–H groups in total. The predicted molar refractivity (Wildman–Crippen MR) is 88.7 cm³/mol. The Morgan fingerprint density at radius 1 is 1.14 bits per heavy atom. The third-order valence-corrected chi connectivity index (χ3v) is 5.46. The topological polar surface area (TPSA) is 23.5 Å². The van der Waals surface area contributed by atoms with Crippen LogP contribution in [-0.2, 0) is 6.42 Å². The molecule has 0 bridgehead atoms. The molecule has 2 aliphatic rings. The van der Waals surface area contributed by atoms with Gasteiger partial charge in [0.25, 0.3) is 0 Å². The van der Waals surface area contributed by atoms with E-state index in [0.29, 0.717) is 5.92 Å². The van der Waals surface area contributed by atoms with E-state index < -0.39 is 0 Å². The molecule has 0 amide bonds. The molecule has 2 heteroatoms. The van der Waals surface area contributed by atoms with Gasteiger partial charge in [-0.1, -0.05) is 26.0 Å². The zero-order valence-electron chi connectivity index (χ0n) is 13.7. The number of benzene rings is 1. The van der Waals surface area contributed by atoms with Gasteiger partial charge in [-0.05, 0) is 67.1 Å². The molecule has 1 aromatic carbocycles. The van der Waals surface area contributed by atoms with Gasteiger partial charge >= 0.3 is 0 Å². The van der Waals surface area contributed by atoms with Crippen LogP contribution in [0.5, 0.6) is 0 Å². The average Bonchev–Trinajstić information content (AvgIpc) is 2.45. The molecular formula is C19H29NO. The highest BCUT2D eigenvalue weighted by atomic mass is 16.3. The molecule has 21 heavy (non-hydrogen) atoms. The molecule has 3 rings (SSSR count). The van der Waals surface area contributed by atoms with Crippen LogP contribution in [0.1, 0.15) is 56.8 Å². The summed E-state index contributed by atoms with van der Waals surface area (Å²) in [6, 6.07) is 6.62. The number of hydrogen-bond donors (Lipinski definition) is 1. The molecule has 0 aromatic heterocycles. The lowest BCUT2D eigenvalue weighted by molar-refractivity contribution is 0.0551. The molecule has 0 radical (unpaired) electrons. The Morgan fingerprint density at radius 2 is 1.86 bits per heavy atom. The fourth-order valence-electron chi connectivity index (χ4n) is 4.53. The first-order chi connectivity index (χ1) is 10.0. The molecule has 0 spiro atoms. The summed E-state index contributed by atoms with van der Waals surface area (Å²) >= 11 is 0. The van der Waals surface area contributed by atoms with Crippen molar-refractivity contribution >= 4 is 5.69 Å². The molecule has 2 nitrogen and oxygen atoms in total. The fourth-order valence-corrected chi connectivity index (χ4v) is 4.53. The molecule has 1 aliphatic carbocycles. The Kier molecular flexibility index (Phi) is 4.26. The Morgan fingerprint density at radius 3 is 2.57 bits per heavy atom. The van der Waals surface area contributed by atoms with Crippen molar-refractivity contribution in [2.45, 2.75) is 52.1 Å². The van der Waals surface area contributed by atoms with Crippen molar-refractivity contribution in [3.8, 4) is 0 Å². The molecule has 1 heterocycles. The first-order valence-corrected chi connectivity index (χ1v) is 8.56. The maximum atomic E-state index is 10.8. The molecule has 116 valence electrons. The number of fused-ring (bicyclic) bond motifs is 1. The van der Waals surface area contributed by atoms with Gasteiger partial charge in [-0.3, -0.25) is 0 Å². The van der Waals surface area contributed by atoms with Gasteiger partial charge in [0.2, 0.25) is 0 Å². The van der Waals surface area contributed by atoms with E-state index in [2.05, 4.69) is 44.0 Å². The minimum absolute atomic E-state index is 0.285. The van der Waals surface area contributed by atoms with Crippen LogP contribution in [0.3, 0.4) is 0 Å². The molecule has 1 aromatic rings. The third-order valence-electron chi connectivity index (χ3n) is 5.46. The molecule has 1 fully saturated rings. The van der Waals surface area contributed by atoms with Gasteiger partial charge in [0, 0.05) is 19.3 Å². The number of nitrogens with zero attached hydrogens (tertiary/aromatic N) is 1. The Bertz CT molecular complexity index is 488. The second-order valence-corrected chi connectivity index (χ2v) is 7.54. The van der Waals surface area contributed by atoms with Crippen molar-refractivity contribution in [1.29, 1.82) is 0 Å². The zero-order valence-corrected chi connectivity index (χ0v) is 13.7. The van der Waals surface area contributed by atoms with Crippen LogP contribution in [0.25, 0.3) is 0 Å². The maximum absolute atomic E-state index is 10.8. The normalized spacial score (nSPS) is 30.9. The highest BCUT2D eigenvalue weighted by Gasteiger charge is 2.30. The van der Waals surface area contributed by atoms with Gasteiger partial charge in [0.05, 0.1) is 6.10 Å². The Balaban J connectivity index is 1.80. The summed E-state index contributed by atoms with van der Waals surface area (Å²) in [6.07, 6.45) is 5.74. The van der Waals surface area contributed by atoms with Crippen molar-refractivity contribution in [2.24, 2.45) is 17.8 Å². The van der Waals surface area contributed by atoms with Crippen LogP contribution >= 0.6 is 0 Å². The van der Waals surface area contributed by atoms with Crippen molar-refractivity contribution in [2.75, 3.05) is 18.5 Å². The van der Waals surface area contributed by atoms with E-state index in [1.165, 1.54) is 36.9 Å². The lowest BCUT2D eigenvalue weighted by atomic mass is 9.73. The number of aryl methyl sites for hydroxylation is 1. The summed E-state index contributed by atoms with van der Waals surface area (Å²) in [5.74, 6) is 1.93. The smallest absolute Gasteiger partial charge is 0.0818 e. The summed E-state index contributed by atoms with van der Waals surface area (Å²) in [6.45, 7) is 5.81. The number of hydrogen-bond acceptors (Lipinski definition) is 2. The summed E-state index contributed by atoms with van der Waals surface area (Å²) in [7, 11) is 2.17. The van der Waals surface area contributed by atoms with Gasteiger partial charge < -0.3 is 10.0 Å². The van der Waals surface area contributed by atoms with E-state index in [-0.39, 0.29) is 6.10 Å². The number of aliphatic hydroxyl groups is 1. The van der Waals surface area contributed by atoms with Crippen LogP contribution in [0.15, 0.2) is 18.2 Å². The van der Waals surface area contributed by atoms with Crippen LogP contribution < -0.4 is 4.90 Å². The van der Waals surface area contributed by atoms with Gasteiger partial charge in [-0.25, -0.2) is 0 Å². The number of anilines is 1. The van der Waals surface area contributed by atoms with Crippen molar-refractivity contribution in [3.05, 3.63) is 29.3 Å². The highest BCUT2D eigenvalue weighted by Crippen LogP contribution is 2.40. The predicted octanol–water partition coefficient (Wildman–Crippen LogP) is 4.17. The summed E-state index contributed by atoms with van der Waals surface area (Å²) in [5, 5.41) is 10.8. The Hall–Kier alpha value is -1.02. The minimum Gasteiger partial charge on any atom is -0.388 e. The summed E-state index contributed by atoms with van der Waals surface area (Å²) < 4.78 is 0. The van der Waals surface area contributed by atoms with Crippen LogP contribution in [-0.4, -0.2) is 18.7 Å². The lowest BCUT2D eigenvalue weighted by Crippen LogP contribution is -2.26. The van der Waals surface area contributed by atoms with Crippen molar-refractivity contribution < 1.29 is 5.11 Å². The van der Waals surface area contributed by atoms with E-state index in [1.807, 2.05) is 0 Å². The zero-order chi connectivity index (χ0) is 15.0. The summed E-state index contributed by atoms with van der Waals surface area (Å²) in [4.78, 5) is 2.33. The molecule has 1 aliphatic heterocycles. The second kappa shape index (κ2) is 6.00. The minimum atomic E-state index is -0.285. The van der Waals surface area contributed by atoms with Crippen molar-refractivity contribution in [3.63, 3.8) is 0 Å². The van der Waals surface area contributed by atoms with Gasteiger partial charge in [-0.15, -0.1) is 0 Å². The van der Waals surface area contributed by atoms with E-state index in [4.69, 9.17) is 0 Å². The van der Waals surface area contributed by atoms with Gasteiger partial charge in [0.15, 0.2) is 0 Å². The lowest BCUT2D eigenvalue weighted by Gasteiger charge is -2.35. The third kappa shape index (κ3) is 3.11. The molecular weight excluding hydrogens is 258 g/mol. The van der Waals surface area contributed by atoms with Crippen LogP contribution in [0.2, 0.25) is 0 Å². The monoisotopic (exact) mass is 287 g/mol. The van der Waals surface area contributed by atoms with Crippen LogP contribution in [0, 0.1) is 17.8 Å². The largest absolute Gasteiger partial charge is 0.388 e. The van der Waals surface area contributed by atoms with Crippen LogP contribution in [0.4, 0.5) is 5.69 Å². The highest BCUT2D eigenvalue weighted by molar-refractivity contribution is 5.56. The average molecular weight is 287 g/mol. The molecule has 3 atom stereocenters. The maximum Gasteiger partial charge on any atom is 0.0818 e. The first-order valence-electron chi connectivity index (χ1n) is 8.56. The van der Waals surface area contributed by atoms with Crippen molar-refractivity contribution in [1.82, 2.24) is 0 Å². The van der Waals surface area contributed by atoms with Gasteiger partial charge in [-0.2, -0.15) is 0 Å². The molecule has 0 saturated heterocycles. The molecule has 3 unspecified atom stereocenters. The standard InChI is InChI=1S/C19H29NO/c1-13-9-14(2)11-17(10-13)19(21)16-6-7-18-15(12-16)5-4-8-20(18)3/h6-7,12-14,17,19,21H,4-5,8-11H2,1-3H3. The first kappa shape index (κ1) is 14.9. The van der Waals surface area contributed by atoms with Gasteiger partial charge in [0.1, 0.15) is 0 Å². The summed E-state index contributed by atoms with van der Waals surface area (Å²) in [5.41, 5.74) is 3.90. The second-order valence-electron chi connectivity index (χ2n) is 7.54. The number of rotatable bonds is 2. The van der Waals surface area contributed by atoms with E-state index >= 15 is 0 Å². The Labute approximate surface area is 129 Å². The van der Waals surface area contributed by atoms with E-state index in [1.54, 1.807) is 0 Å². The quantitative estimate of drug-likeness (QED) is 0.882. The number of aliphatic hydroxyl groups excluding tert-OH is 1.